The fraction of sp³-hybridized carbons (Fsp3) is 0.400. The average Bonchev–Trinajstić information content (AvgIpc) is 2.48. The third kappa shape index (κ3) is 4.38. The Morgan fingerprint density at radius 3 is 2.50 bits per heavy atom. The minimum atomic E-state index is -0.302. The molecule has 0 aliphatic carbocycles. The molecule has 1 unspecified atom stereocenters. The molecule has 0 radical (unpaired) electrons. The predicted molar refractivity (Wildman–Crippen MR) is 76.7 cm³/mol. The highest BCUT2D eigenvalue weighted by atomic mass is 16.2. The van der Waals surface area contributed by atoms with E-state index in [9.17, 15) is 4.79 Å². The standard InChI is InChI=1S/C15H18N4O/c1-3-19(10-4-9-16)12(2)15(20)18-14-7-5-13(11-17)6-8-14/h5-8,12H,3-4,10H2,1-2H3,(H,18,20). The first-order valence-electron chi connectivity index (χ1n) is 6.54. The van der Waals surface area contributed by atoms with Gasteiger partial charge in [-0.15, -0.1) is 0 Å². The zero-order chi connectivity index (χ0) is 15.0. The predicted octanol–water partition coefficient (Wildman–Crippen LogP) is 2.12. The van der Waals surface area contributed by atoms with Crippen LogP contribution in [-0.2, 0) is 4.79 Å². The van der Waals surface area contributed by atoms with Crippen molar-refractivity contribution in [1.29, 1.82) is 10.5 Å². The lowest BCUT2D eigenvalue weighted by atomic mass is 10.2. The van der Waals surface area contributed by atoms with E-state index < -0.39 is 0 Å². The third-order valence-electron chi connectivity index (χ3n) is 3.13. The molecule has 1 N–H and O–H groups in total. The number of benzene rings is 1. The summed E-state index contributed by atoms with van der Waals surface area (Å²) in [5.41, 5.74) is 1.22. The Balaban J connectivity index is 2.64. The Bertz CT molecular complexity index is 524. The minimum absolute atomic E-state index is 0.116. The molecule has 5 heteroatoms. The lowest BCUT2D eigenvalue weighted by Gasteiger charge is -2.25. The van der Waals surface area contributed by atoms with Crippen molar-refractivity contribution in [3.8, 4) is 12.1 Å². The summed E-state index contributed by atoms with van der Waals surface area (Å²) in [6.07, 6.45) is 0.405. The topological polar surface area (TPSA) is 79.9 Å². The number of rotatable bonds is 6. The second-order valence-corrected chi connectivity index (χ2v) is 4.39. The van der Waals surface area contributed by atoms with E-state index >= 15 is 0 Å². The van der Waals surface area contributed by atoms with Gasteiger partial charge < -0.3 is 5.32 Å². The van der Waals surface area contributed by atoms with Crippen molar-refractivity contribution in [1.82, 2.24) is 4.90 Å². The summed E-state index contributed by atoms with van der Waals surface area (Å²) in [7, 11) is 0. The number of likely N-dealkylation sites (N-methyl/N-ethyl adjacent to an activating group) is 1. The Labute approximate surface area is 119 Å². The van der Waals surface area contributed by atoms with Crippen LogP contribution in [0.1, 0.15) is 25.8 Å². The van der Waals surface area contributed by atoms with Gasteiger partial charge in [-0.05, 0) is 37.7 Å². The van der Waals surface area contributed by atoms with Crippen LogP contribution in [0.15, 0.2) is 24.3 Å². The van der Waals surface area contributed by atoms with Gasteiger partial charge in [-0.2, -0.15) is 10.5 Å². The molecule has 104 valence electrons. The fourth-order valence-electron chi connectivity index (χ4n) is 1.86. The maximum Gasteiger partial charge on any atom is 0.241 e. The quantitative estimate of drug-likeness (QED) is 0.858. The molecule has 1 rings (SSSR count). The number of amides is 1. The molecule has 0 aliphatic heterocycles. The number of carbonyl (C=O) groups is 1. The zero-order valence-corrected chi connectivity index (χ0v) is 11.8. The van der Waals surface area contributed by atoms with Gasteiger partial charge in [-0.1, -0.05) is 6.92 Å². The van der Waals surface area contributed by atoms with Crippen molar-refractivity contribution >= 4 is 11.6 Å². The van der Waals surface area contributed by atoms with Crippen molar-refractivity contribution in [3.05, 3.63) is 29.8 Å². The molecule has 0 spiro atoms. The summed E-state index contributed by atoms with van der Waals surface area (Å²) in [5.74, 6) is -0.116. The van der Waals surface area contributed by atoms with Crippen LogP contribution in [0, 0.1) is 22.7 Å². The summed E-state index contributed by atoms with van der Waals surface area (Å²) < 4.78 is 0. The van der Waals surface area contributed by atoms with E-state index in [0.29, 0.717) is 30.8 Å². The smallest absolute Gasteiger partial charge is 0.241 e. The highest BCUT2D eigenvalue weighted by molar-refractivity contribution is 5.94. The Morgan fingerprint density at radius 2 is 2.00 bits per heavy atom. The first-order chi connectivity index (χ1) is 9.62. The number of nitrogens with zero attached hydrogens (tertiary/aromatic N) is 3. The monoisotopic (exact) mass is 270 g/mol. The summed E-state index contributed by atoms with van der Waals surface area (Å²) in [4.78, 5) is 14.1. The van der Waals surface area contributed by atoms with E-state index in [4.69, 9.17) is 10.5 Å². The number of nitriles is 2. The van der Waals surface area contributed by atoms with Crippen molar-refractivity contribution in [2.45, 2.75) is 26.3 Å². The van der Waals surface area contributed by atoms with Crippen LogP contribution < -0.4 is 5.32 Å². The van der Waals surface area contributed by atoms with Crippen LogP contribution in [0.4, 0.5) is 5.69 Å². The summed E-state index contributed by atoms with van der Waals surface area (Å²) in [5, 5.41) is 20.1. The van der Waals surface area contributed by atoms with Gasteiger partial charge >= 0.3 is 0 Å². The van der Waals surface area contributed by atoms with Gasteiger partial charge in [-0.25, -0.2) is 0 Å². The lowest BCUT2D eigenvalue weighted by Crippen LogP contribution is -2.42. The first kappa shape index (κ1) is 15.7. The summed E-state index contributed by atoms with van der Waals surface area (Å²) in [6.45, 7) is 5.07. The highest BCUT2D eigenvalue weighted by Crippen LogP contribution is 2.10. The van der Waals surface area contributed by atoms with Gasteiger partial charge in [0.05, 0.1) is 23.7 Å². The molecule has 1 aromatic rings. The minimum Gasteiger partial charge on any atom is -0.325 e. The van der Waals surface area contributed by atoms with E-state index in [1.54, 1.807) is 24.3 Å². The third-order valence-corrected chi connectivity index (χ3v) is 3.13. The van der Waals surface area contributed by atoms with Crippen molar-refractivity contribution in [2.24, 2.45) is 0 Å². The molecule has 1 amide bonds. The maximum atomic E-state index is 12.1. The molecule has 0 aromatic heterocycles. The van der Waals surface area contributed by atoms with E-state index in [-0.39, 0.29) is 11.9 Å². The van der Waals surface area contributed by atoms with E-state index in [0.717, 1.165) is 0 Å². The van der Waals surface area contributed by atoms with Crippen LogP contribution in [-0.4, -0.2) is 29.9 Å². The number of anilines is 1. The number of hydrogen-bond donors (Lipinski definition) is 1. The maximum absolute atomic E-state index is 12.1. The number of carbonyl (C=O) groups excluding carboxylic acids is 1. The second kappa shape index (κ2) is 7.93. The van der Waals surface area contributed by atoms with Crippen LogP contribution in [0.2, 0.25) is 0 Å². The van der Waals surface area contributed by atoms with E-state index in [2.05, 4.69) is 11.4 Å². The highest BCUT2D eigenvalue weighted by Gasteiger charge is 2.19. The lowest BCUT2D eigenvalue weighted by molar-refractivity contribution is -0.120. The van der Waals surface area contributed by atoms with Gasteiger partial charge in [0.15, 0.2) is 0 Å². The van der Waals surface area contributed by atoms with Crippen LogP contribution in [0.3, 0.4) is 0 Å². The summed E-state index contributed by atoms with van der Waals surface area (Å²) >= 11 is 0. The van der Waals surface area contributed by atoms with Gasteiger partial charge in [0.1, 0.15) is 0 Å². The van der Waals surface area contributed by atoms with Crippen LogP contribution in [0.5, 0.6) is 0 Å². The van der Waals surface area contributed by atoms with Gasteiger partial charge in [0.25, 0.3) is 0 Å². The Morgan fingerprint density at radius 1 is 1.35 bits per heavy atom. The normalized spacial score (nSPS) is 11.4. The summed E-state index contributed by atoms with van der Waals surface area (Å²) in [6, 6.07) is 10.5. The molecule has 0 fully saturated rings. The van der Waals surface area contributed by atoms with Crippen molar-refractivity contribution < 1.29 is 4.79 Å². The molecule has 1 atom stereocenters. The van der Waals surface area contributed by atoms with E-state index in [1.807, 2.05) is 24.8 Å². The SMILES string of the molecule is CCN(CCC#N)C(C)C(=O)Nc1ccc(C#N)cc1. The number of nitrogens with one attached hydrogen (secondary N) is 1. The van der Waals surface area contributed by atoms with E-state index in [1.165, 1.54) is 0 Å². The largest absolute Gasteiger partial charge is 0.325 e. The molecular formula is C15H18N4O. The molecule has 1 aromatic carbocycles. The molecule has 0 saturated heterocycles. The van der Waals surface area contributed by atoms with Gasteiger partial charge in [-0.3, -0.25) is 9.69 Å². The van der Waals surface area contributed by atoms with Gasteiger partial charge in [0, 0.05) is 18.7 Å². The molecule has 0 heterocycles. The number of hydrogen-bond acceptors (Lipinski definition) is 4. The van der Waals surface area contributed by atoms with Crippen LogP contribution >= 0.6 is 0 Å². The molecule has 20 heavy (non-hydrogen) atoms. The van der Waals surface area contributed by atoms with Crippen molar-refractivity contribution in [3.63, 3.8) is 0 Å². The molecule has 0 bridgehead atoms. The molecule has 5 nitrogen and oxygen atoms in total. The Hall–Kier alpha value is -2.37. The second-order valence-electron chi connectivity index (χ2n) is 4.39. The van der Waals surface area contributed by atoms with Gasteiger partial charge in [0.2, 0.25) is 5.91 Å². The average molecular weight is 270 g/mol. The molecular weight excluding hydrogens is 252 g/mol. The first-order valence-corrected chi connectivity index (χ1v) is 6.54. The Kier molecular flexibility index (Phi) is 6.22. The van der Waals surface area contributed by atoms with Crippen molar-refractivity contribution in [2.75, 3.05) is 18.4 Å². The molecule has 0 aliphatic rings. The van der Waals surface area contributed by atoms with Crippen LogP contribution in [0.25, 0.3) is 0 Å². The zero-order valence-electron chi connectivity index (χ0n) is 11.8. The molecule has 0 saturated carbocycles. The fourth-order valence-corrected chi connectivity index (χ4v) is 1.86.